The molecule has 94 valence electrons. The van der Waals surface area contributed by atoms with Crippen molar-refractivity contribution in [2.24, 2.45) is 0 Å². The van der Waals surface area contributed by atoms with Gasteiger partial charge in [-0.2, -0.15) is 0 Å². The number of carbonyl (C=O) groups is 1. The molecule has 2 N–H and O–H groups in total. The van der Waals surface area contributed by atoms with E-state index < -0.39 is 0 Å². The SMILES string of the molecule is CCn1cccc1C(=O)Nc1ccc(C)cc1O. The number of amides is 1. The van der Waals surface area contributed by atoms with Crippen LogP contribution in [0.3, 0.4) is 0 Å². The molecule has 1 aromatic heterocycles. The van der Waals surface area contributed by atoms with Gasteiger partial charge in [0.25, 0.3) is 5.91 Å². The summed E-state index contributed by atoms with van der Waals surface area (Å²) in [6.45, 7) is 4.59. The Morgan fingerprint density at radius 3 is 2.83 bits per heavy atom. The number of hydrogen-bond acceptors (Lipinski definition) is 2. The van der Waals surface area contributed by atoms with Crippen molar-refractivity contribution < 1.29 is 9.90 Å². The lowest BCUT2D eigenvalue weighted by Crippen LogP contribution is -2.16. The predicted molar refractivity (Wildman–Crippen MR) is 70.9 cm³/mol. The van der Waals surface area contributed by atoms with Gasteiger partial charge in [0.15, 0.2) is 0 Å². The number of benzene rings is 1. The van der Waals surface area contributed by atoms with Gasteiger partial charge in [-0.25, -0.2) is 0 Å². The van der Waals surface area contributed by atoms with E-state index in [4.69, 9.17) is 0 Å². The molecule has 0 aliphatic heterocycles. The van der Waals surface area contributed by atoms with Crippen LogP contribution in [0.25, 0.3) is 0 Å². The highest BCUT2D eigenvalue weighted by Crippen LogP contribution is 2.24. The molecule has 1 aromatic carbocycles. The van der Waals surface area contributed by atoms with Crippen LogP contribution in [-0.2, 0) is 6.54 Å². The van der Waals surface area contributed by atoms with Crippen LogP contribution in [0.5, 0.6) is 5.75 Å². The van der Waals surface area contributed by atoms with Gasteiger partial charge in [-0.1, -0.05) is 6.07 Å². The van der Waals surface area contributed by atoms with Gasteiger partial charge in [-0.3, -0.25) is 4.79 Å². The van der Waals surface area contributed by atoms with Gasteiger partial charge < -0.3 is 15.0 Å². The van der Waals surface area contributed by atoms with Gasteiger partial charge in [0.2, 0.25) is 0 Å². The number of aromatic nitrogens is 1. The maximum atomic E-state index is 12.0. The molecule has 1 heterocycles. The molecule has 0 unspecified atom stereocenters. The number of carbonyl (C=O) groups excluding carboxylic acids is 1. The topological polar surface area (TPSA) is 54.3 Å². The lowest BCUT2D eigenvalue weighted by Gasteiger charge is -2.09. The number of nitrogens with zero attached hydrogens (tertiary/aromatic N) is 1. The van der Waals surface area contributed by atoms with Crippen LogP contribution in [0.2, 0.25) is 0 Å². The zero-order valence-corrected chi connectivity index (χ0v) is 10.5. The van der Waals surface area contributed by atoms with E-state index in [1.165, 1.54) is 0 Å². The van der Waals surface area contributed by atoms with Crippen LogP contribution in [-0.4, -0.2) is 15.6 Å². The molecule has 0 aliphatic rings. The number of phenolic OH excluding ortho intramolecular Hbond substituents is 1. The molecule has 1 amide bonds. The number of rotatable bonds is 3. The smallest absolute Gasteiger partial charge is 0.272 e. The molecule has 2 aromatic rings. The van der Waals surface area contributed by atoms with Crippen LogP contribution in [0.1, 0.15) is 23.0 Å². The second kappa shape index (κ2) is 4.96. The first-order valence-electron chi connectivity index (χ1n) is 5.88. The van der Waals surface area contributed by atoms with E-state index >= 15 is 0 Å². The van der Waals surface area contributed by atoms with Crippen molar-refractivity contribution in [3.8, 4) is 5.75 Å². The van der Waals surface area contributed by atoms with Crippen molar-refractivity contribution >= 4 is 11.6 Å². The fourth-order valence-corrected chi connectivity index (χ4v) is 1.83. The quantitative estimate of drug-likeness (QED) is 0.816. The van der Waals surface area contributed by atoms with Crippen molar-refractivity contribution in [1.29, 1.82) is 0 Å². The summed E-state index contributed by atoms with van der Waals surface area (Å²) in [4.78, 5) is 12.0. The molecule has 0 atom stereocenters. The van der Waals surface area contributed by atoms with Crippen LogP contribution in [0, 0.1) is 6.92 Å². The second-order valence-corrected chi connectivity index (χ2v) is 4.15. The second-order valence-electron chi connectivity index (χ2n) is 4.15. The molecule has 4 nitrogen and oxygen atoms in total. The Labute approximate surface area is 106 Å². The average molecular weight is 244 g/mol. The number of hydrogen-bond donors (Lipinski definition) is 2. The van der Waals surface area contributed by atoms with E-state index in [1.54, 1.807) is 18.2 Å². The summed E-state index contributed by atoms with van der Waals surface area (Å²) >= 11 is 0. The van der Waals surface area contributed by atoms with Gasteiger partial charge in [0.05, 0.1) is 5.69 Å². The molecule has 0 fully saturated rings. The fourth-order valence-electron chi connectivity index (χ4n) is 1.83. The van der Waals surface area contributed by atoms with E-state index in [9.17, 15) is 9.90 Å². The van der Waals surface area contributed by atoms with Crippen LogP contribution in [0.15, 0.2) is 36.5 Å². The van der Waals surface area contributed by atoms with E-state index in [0.717, 1.165) is 12.1 Å². The maximum absolute atomic E-state index is 12.0. The lowest BCUT2D eigenvalue weighted by molar-refractivity contribution is 0.101. The Morgan fingerprint density at radius 1 is 1.39 bits per heavy atom. The zero-order chi connectivity index (χ0) is 13.1. The van der Waals surface area contributed by atoms with Gasteiger partial charge >= 0.3 is 0 Å². The standard InChI is InChI=1S/C14H16N2O2/c1-3-16-8-4-5-12(16)14(18)15-11-7-6-10(2)9-13(11)17/h4-9,17H,3H2,1-2H3,(H,15,18). The van der Waals surface area contributed by atoms with Crippen molar-refractivity contribution in [3.05, 3.63) is 47.8 Å². The van der Waals surface area contributed by atoms with Crippen molar-refractivity contribution in [2.75, 3.05) is 5.32 Å². The Bertz CT molecular complexity index is 573. The third-order valence-electron chi connectivity index (χ3n) is 2.80. The summed E-state index contributed by atoms with van der Waals surface area (Å²) in [7, 11) is 0. The highest BCUT2D eigenvalue weighted by atomic mass is 16.3. The van der Waals surface area contributed by atoms with Crippen LogP contribution in [0.4, 0.5) is 5.69 Å². The van der Waals surface area contributed by atoms with Crippen molar-refractivity contribution in [3.63, 3.8) is 0 Å². The molecule has 0 radical (unpaired) electrons. The van der Waals surface area contributed by atoms with Gasteiger partial charge in [-0.15, -0.1) is 0 Å². The first-order chi connectivity index (χ1) is 8.61. The maximum Gasteiger partial charge on any atom is 0.272 e. The molecule has 0 saturated carbocycles. The summed E-state index contributed by atoms with van der Waals surface area (Å²) in [5.41, 5.74) is 1.95. The molecule has 0 spiro atoms. The number of phenols is 1. The van der Waals surface area contributed by atoms with Crippen molar-refractivity contribution in [1.82, 2.24) is 4.57 Å². The number of anilines is 1. The summed E-state index contributed by atoms with van der Waals surface area (Å²) in [5, 5.41) is 12.4. The number of nitrogens with one attached hydrogen (secondary N) is 1. The summed E-state index contributed by atoms with van der Waals surface area (Å²) in [6, 6.07) is 8.74. The molecular weight excluding hydrogens is 228 g/mol. The van der Waals surface area contributed by atoms with Crippen LogP contribution < -0.4 is 5.32 Å². The normalized spacial score (nSPS) is 10.3. The minimum atomic E-state index is -0.221. The van der Waals surface area contributed by atoms with Gasteiger partial charge in [0, 0.05) is 12.7 Å². The first-order valence-corrected chi connectivity index (χ1v) is 5.88. The van der Waals surface area contributed by atoms with Gasteiger partial charge in [0.1, 0.15) is 11.4 Å². The molecule has 18 heavy (non-hydrogen) atoms. The Balaban J connectivity index is 2.21. The zero-order valence-electron chi connectivity index (χ0n) is 10.5. The summed E-state index contributed by atoms with van der Waals surface area (Å²) in [6.07, 6.45) is 1.85. The van der Waals surface area contributed by atoms with E-state index in [-0.39, 0.29) is 11.7 Å². The van der Waals surface area contributed by atoms with E-state index in [1.807, 2.05) is 36.7 Å². The predicted octanol–water partition coefficient (Wildman–Crippen LogP) is 2.77. The van der Waals surface area contributed by atoms with Crippen LogP contribution >= 0.6 is 0 Å². The molecule has 0 bridgehead atoms. The number of aromatic hydroxyl groups is 1. The monoisotopic (exact) mass is 244 g/mol. The molecule has 2 rings (SSSR count). The first kappa shape index (κ1) is 12.2. The molecular formula is C14H16N2O2. The minimum absolute atomic E-state index is 0.0814. The molecule has 4 heteroatoms. The Morgan fingerprint density at radius 2 is 2.17 bits per heavy atom. The third kappa shape index (κ3) is 2.37. The highest BCUT2D eigenvalue weighted by molar-refractivity contribution is 6.04. The third-order valence-corrected chi connectivity index (χ3v) is 2.80. The largest absolute Gasteiger partial charge is 0.506 e. The summed E-state index contributed by atoms with van der Waals surface area (Å²) < 4.78 is 1.85. The average Bonchev–Trinajstić information content (AvgIpc) is 2.81. The highest BCUT2D eigenvalue weighted by Gasteiger charge is 2.11. The lowest BCUT2D eigenvalue weighted by atomic mass is 10.2. The van der Waals surface area contributed by atoms with E-state index in [2.05, 4.69) is 5.32 Å². The van der Waals surface area contributed by atoms with Crippen molar-refractivity contribution in [2.45, 2.75) is 20.4 Å². The van der Waals surface area contributed by atoms with E-state index in [0.29, 0.717) is 11.4 Å². The summed E-state index contributed by atoms with van der Waals surface area (Å²) in [5.74, 6) is -0.140. The Hall–Kier alpha value is -2.23. The molecule has 0 saturated heterocycles. The molecule has 0 aliphatic carbocycles. The van der Waals surface area contributed by atoms with Gasteiger partial charge in [-0.05, 0) is 43.7 Å². The number of aryl methyl sites for hydroxylation is 2. The Kier molecular flexibility index (Phi) is 3.37. The fraction of sp³-hybridized carbons (Fsp3) is 0.214. The minimum Gasteiger partial charge on any atom is -0.506 e.